The fraction of sp³-hybridized carbons (Fsp3) is 0.667. The molecule has 0 radical (unpaired) electrons. The summed E-state index contributed by atoms with van der Waals surface area (Å²) < 4.78 is 66.6. The topological polar surface area (TPSA) is 63.2 Å². The minimum absolute atomic E-state index is 0. The Morgan fingerprint density at radius 2 is 1.62 bits per heavy atom. The third kappa shape index (κ3) is 5.59. The van der Waals surface area contributed by atoms with Gasteiger partial charge in [-0.2, -0.15) is 13.2 Å². The van der Waals surface area contributed by atoms with Crippen LogP contribution < -0.4 is 23.0 Å². The fourth-order valence-electron chi connectivity index (χ4n) is 0.279. The predicted octanol–water partition coefficient (Wildman–Crippen LogP) is -3.20. The summed E-state index contributed by atoms with van der Waals surface area (Å²) in [6, 6.07) is 0. The third-order valence-corrected chi connectivity index (χ3v) is 3.49. The molecule has 1 N–H and O–H groups in total. The van der Waals surface area contributed by atoms with E-state index in [9.17, 15) is 25.8 Å². The van der Waals surface area contributed by atoms with Crippen molar-refractivity contribution in [2.45, 2.75) is 5.51 Å². The first-order valence-electron chi connectivity index (χ1n) is 2.38. The summed E-state index contributed by atoms with van der Waals surface area (Å²) in [6.45, 7) is 0. The maximum atomic E-state index is 11.6. The molecule has 0 spiro atoms. The van der Waals surface area contributed by atoms with Gasteiger partial charge in [-0.15, -0.1) is 4.13 Å². The van der Waals surface area contributed by atoms with E-state index in [1.807, 2.05) is 0 Å². The normalized spacial score (nSPS) is 17.2. The molecule has 0 fully saturated rings. The van der Waals surface area contributed by atoms with Crippen molar-refractivity contribution >= 4 is 25.6 Å². The Morgan fingerprint density at radius 3 is 1.69 bits per heavy atom. The van der Waals surface area contributed by atoms with Crippen LogP contribution in [0.4, 0.5) is 13.2 Å². The molecule has 4 nitrogen and oxygen atoms in total. The first-order valence-corrected chi connectivity index (χ1v) is 5.99. The SMILES string of the molecule is C=S(C)(=O)NS(=O)(=O)C(F)(F)F.[H-].[Li+]. The number of hydrogen-bond acceptors (Lipinski definition) is 3. The van der Waals surface area contributed by atoms with Crippen molar-refractivity contribution in [2.24, 2.45) is 0 Å². The van der Waals surface area contributed by atoms with Gasteiger partial charge in [0.05, 0.1) is 0 Å². The van der Waals surface area contributed by atoms with Crippen molar-refractivity contribution in [1.82, 2.24) is 4.13 Å². The second-order valence-corrected chi connectivity index (χ2v) is 6.18. The van der Waals surface area contributed by atoms with Gasteiger partial charge < -0.3 is 1.43 Å². The number of rotatable bonds is 2. The second-order valence-electron chi connectivity index (χ2n) is 2.04. The summed E-state index contributed by atoms with van der Waals surface area (Å²) in [5.41, 5.74) is -5.46. The van der Waals surface area contributed by atoms with Crippen molar-refractivity contribution in [2.75, 3.05) is 6.26 Å². The van der Waals surface area contributed by atoms with Gasteiger partial charge in [-0.25, -0.2) is 8.42 Å². The van der Waals surface area contributed by atoms with Crippen LogP contribution in [0.3, 0.4) is 0 Å². The Balaban J connectivity index is -0.000000605. The van der Waals surface area contributed by atoms with Crippen LogP contribution in [0.2, 0.25) is 0 Å². The maximum absolute atomic E-state index is 11.6. The molecule has 1 atom stereocenters. The summed E-state index contributed by atoms with van der Waals surface area (Å²) in [7, 11) is -8.97. The van der Waals surface area contributed by atoms with E-state index in [4.69, 9.17) is 0 Å². The zero-order valence-electron chi connectivity index (χ0n) is 7.88. The monoisotopic (exact) mass is 233 g/mol. The largest absolute Gasteiger partial charge is 1.00 e. The molecule has 0 aliphatic carbocycles. The Morgan fingerprint density at radius 1 is 1.31 bits per heavy atom. The van der Waals surface area contributed by atoms with Crippen molar-refractivity contribution < 1.29 is 46.1 Å². The molecule has 0 saturated heterocycles. The van der Waals surface area contributed by atoms with Crippen molar-refractivity contribution in [3.8, 4) is 0 Å². The molecular weight excluding hydrogens is 226 g/mol. The molecular formula is C3H7F3LiNO3S2. The summed E-state index contributed by atoms with van der Waals surface area (Å²) in [6.07, 6.45) is 0.746. The van der Waals surface area contributed by atoms with Crippen LogP contribution in [0.5, 0.6) is 0 Å². The van der Waals surface area contributed by atoms with Crippen molar-refractivity contribution in [3.63, 3.8) is 0 Å². The van der Waals surface area contributed by atoms with Gasteiger partial charge >= 0.3 is 34.4 Å². The van der Waals surface area contributed by atoms with E-state index < -0.39 is 25.2 Å². The molecule has 0 aromatic heterocycles. The van der Waals surface area contributed by atoms with E-state index in [1.165, 1.54) is 0 Å². The minimum Gasteiger partial charge on any atom is -1.00 e. The van der Waals surface area contributed by atoms with E-state index in [1.54, 1.807) is 0 Å². The van der Waals surface area contributed by atoms with E-state index in [-0.39, 0.29) is 20.3 Å². The van der Waals surface area contributed by atoms with Crippen LogP contribution in [0.1, 0.15) is 1.43 Å². The molecule has 0 bridgehead atoms. The van der Waals surface area contributed by atoms with Gasteiger partial charge in [0, 0.05) is 16.0 Å². The zero-order chi connectivity index (χ0) is 10.2. The van der Waals surface area contributed by atoms with Gasteiger partial charge in [0.25, 0.3) is 0 Å². The van der Waals surface area contributed by atoms with E-state index >= 15 is 0 Å². The number of hydrogen-bond donors (Lipinski definition) is 1. The average molecular weight is 233 g/mol. The van der Waals surface area contributed by atoms with Gasteiger partial charge in [0.2, 0.25) is 0 Å². The molecule has 0 aliphatic heterocycles. The van der Waals surface area contributed by atoms with Crippen LogP contribution in [-0.4, -0.2) is 30.3 Å². The number of nitrogens with one attached hydrogen (secondary N) is 1. The fourth-order valence-corrected chi connectivity index (χ4v) is 2.51. The Hall–Kier alpha value is 0.317. The molecule has 0 rings (SSSR count). The third-order valence-electron chi connectivity index (χ3n) is 0.591. The smallest absolute Gasteiger partial charge is 1.00 e. The molecule has 0 aliphatic rings. The van der Waals surface area contributed by atoms with Crippen molar-refractivity contribution in [3.05, 3.63) is 0 Å². The standard InChI is InChI=1S/C3H6F3NO3S2.Li.H/c1-11(2,8)7-12(9,10)3(4,5)6;;/h1H2,2H3,(H,7,8);;/q;+1;-1. The molecule has 0 aromatic rings. The quantitative estimate of drug-likeness (QED) is 0.403. The van der Waals surface area contributed by atoms with Crippen LogP contribution in [0.25, 0.3) is 0 Å². The van der Waals surface area contributed by atoms with Gasteiger partial charge in [0.15, 0.2) is 0 Å². The van der Waals surface area contributed by atoms with Crippen molar-refractivity contribution in [1.29, 1.82) is 0 Å². The molecule has 13 heavy (non-hydrogen) atoms. The maximum Gasteiger partial charge on any atom is 1.00 e. The number of sulfonamides is 1. The molecule has 1 unspecified atom stereocenters. The molecule has 0 saturated carbocycles. The van der Waals surface area contributed by atoms with Gasteiger partial charge in [-0.05, 0) is 5.87 Å². The molecule has 10 heteroatoms. The zero-order valence-corrected chi connectivity index (χ0v) is 8.52. The van der Waals surface area contributed by atoms with Crippen LogP contribution in [0.15, 0.2) is 0 Å². The van der Waals surface area contributed by atoms with Gasteiger partial charge in [0.1, 0.15) is 0 Å². The van der Waals surface area contributed by atoms with E-state index in [0.29, 0.717) is 0 Å². The molecule has 76 valence electrons. The summed E-state index contributed by atoms with van der Waals surface area (Å²) in [5, 5.41) is 0. The van der Waals surface area contributed by atoms with Crippen LogP contribution >= 0.6 is 0 Å². The summed E-state index contributed by atoms with van der Waals surface area (Å²) in [4.78, 5) is 0. The van der Waals surface area contributed by atoms with E-state index in [2.05, 4.69) is 5.87 Å². The number of halogens is 3. The first kappa shape index (κ1) is 15.8. The Labute approximate surface area is 87.7 Å². The van der Waals surface area contributed by atoms with Crippen LogP contribution in [-0.2, 0) is 19.7 Å². The van der Waals surface area contributed by atoms with Gasteiger partial charge in [-0.1, -0.05) is 0 Å². The predicted molar refractivity (Wildman–Crippen MR) is 40.4 cm³/mol. The molecule has 0 amide bonds. The van der Waals surface area contributed by atoms with Crippen LogP contribution in [0, 0.1) is 0 Å². The minimum atomic E-state index is -5.54. The summed E-state index contributed by atoms with van der Waals surface area (Å²) >= 11 is 0. The average Bonchev–Trinajstić information content (AvgIpc) is 1.52. The molecule has 0 aromatic carbocycles. The van der Waals surface area contributed by atoms with E-state index in [0.717, 1.165) is 10.4 Å². The Bertz CT molecular complexity index is 361. The molecule has 0 heterocycles. The first-order chi connectivity index (χ1) is 4.96. The summed E-state index contributed by atoms with van der Waals surface area (Å²) in [5.74, 6) is 2.71. The second kappa shape index (κ2) is 4.23. The number of alkyl halides is 3. The Kier molecular flexibility index (Phi) is 5.13. The van der Waals surface area contributed by atoms with Gasteiger partial charge in [-0.3, -0.25) is 4.21 Å².